The summed E-state index contributed by atoms with van der Waals surface area (Å²) in [5.74, 6) is 0.923. The third-order valence-corrected chi connectivity index (χ3v) is 7.86. The van der Waals surface area contributed by atoms with Crippen LogP contribution in [0.15, 0.2) is 6.20 Å². The summed E-state index contributed by atoms with van der Waals surface area (Å²) in [6, 6.07) is -0.0646. The van der Waals surface area contributed by atoms with Crippen molar-refractivity contribution in [1.29, 1.82) is 0 Å². The number of carbonyl (C=O) groups excluding carboxylic acids is 1. The molecule has 5 rings (SSSR count). The van der Waals surface area contributed by atoms with Gasteiger partial charge in [-0.3, -0.25) is 5.32 Å². The van der Waals surface area contributed by atoms with Gasteiger partial charge in [-0.15, -0.1) is 0 Å². The maximum absolute atomic E-state index is 13.0. The number of likely N-dealkylation sites (tertiary alicyclic amines) is 1. The second kappa shape index (κ2) is 8.28. The minimum Gasteiger partial charge on any atom is -0.479 e. The zero-order chi connectivity index (χ0) is 20.6. The third-order valence-electron chi connectivity index (χ3n) is 6.84. The zero-order valence-corrected chi connectivity index (χ0v) is 18.2. The first-order chi connectivity index (χ1) is 14.7. The molecule has 2 aromatic heterocycles. The Labute approximate surface area is 180 Å². The van der Waals surface area contributed by atoms with Crippen molar-refractivity contribution >= 4 is 32.7 Å². The molecule has 3 aliphatic rings. The smallest absolute Gasteiger partial charge is 0.323 e. The van der Waals surface area contributed by atoms with Crippen molar-refractivity contribution in [3.63, 3.8) is 0 Å². The van der Waals surface area contributed by atoms with E-state index in [0.717, 1.165) is 81.7 Å². The van der Waals surface area contributed by atoms with Crippen LogP contribution in [0.5, 0.6) is 5.88 Å². The van der Waals surface area contributed by atoms with Gasteiger partial charge in [0.1, 0.15) is 5.52 Å². The number of hydrogen-bond donors (Lipinski definition) is 2. The van der Waals surface area contributed by atoms with Crippen LogP contribution in [-0.2, 0) is 4.74 Å². The lowest BCUT2D eigenvalue weighted by atomic mass is 9.80. The fraction of sp³-hybridized carbons (Fsp3) is 0.667. The van der Waals surface area contributed by atoms with E-state index >= 15 is 0 Å². The summed E-state index contributed by atoms with van der Waals surface area (Å²) in [4.78, 5) is 24.1. The standard InChI is InChI=1S/C21H29N5O3S/c1-28-18-16-17(15(12-23-18)14-3-2-7-22-11-14)30-19(24-16)25-20(27)26-8-4-21(13-26)5-9-29-10-6-21/h12,14,22H,2-11,13H2,1H3,(H,24,25,27). The molecule has 1 spiro atoms. The Morgan fingerprint density at radius 2 is 2.27 bits per heavy atom. The van der Waals surface area contributed by atoms with Crippen LogP contribution in [0, 0.1) is 5.41 Å². The summed E-state index contributed by atoms with van der Waals surface area (Å²) >= 11 is 1.52. The van der Waals surface area contributed by atoms with Crippen molar-refractivity contribution in [2.45, 2.75) is 38.0 Å². The molecule has 0 saturated carbocycles. The van der Waals surface area contributed by atoms with Gasteiger partial charge in [0.25, 0.3) is 0 Å². The van der Waals surface area contributed by atoms with E-state index in [2.05, 4.69) is 20.6 Å². The van der Waals surface area contributed by atoms with Crippen molar-refractivity contribution in [2.24, 2.45) is 5.41 Å². The van der Waals surface area contributed by atoms with Gasteiger partial charge in [0.05, 0.1) is 11.8 Å². The number of urea groups is 1. The maximum Gasteiger partial charge on any atom is 0.323 e. The van der Waals surface area contributed by atoms with E-state index in [1.807, 2.05) is 11.1 Å². The number of aromatic nitrogens is 2. The van der Waals surface area contributed by atoms with Gasteiger partial charge >= 0.3 is 6.03 Å². The number of pyridine rings is 1. The number of ether oxygens (including phenoxy) is 2. The number of rotatable bonds is 3. The van der Waals surface area contributed by atoms with Gasteiger partial charge in [-0.1, -0.05) is 11.3 Å². The molecule has 3 fully saturated rings. The number of methoxy groups -OCH3 is 1. The summed E-state index contributed by atoms with van der Waals surface area (Å²) < 4.78 is 12.0. The number of hydrogen-bond acceptors (Lipinski definition) is 7. The fourth-order valence-electron chi connectivity index (χ4n) is 5.01. The van der Waals surface area contributed by atoms with Gasteiger partial charge in [-0.05, 0) is 55.5 Å². The van der Waals surface area contributed by atoms with Crippen LogP contribution >= 0.6 is 11.3 Å². The Morgan fingerprint density at radius 1 is 1.40 bits per heavy atom. The second-order valence-corrected chi connectivity index (χ2v) is 9.68. The number of anilines is 1. The van der Waals surface area contributed by atoms with Gasteiger partial charge in [0.15, 0.2) is 5.13 Å². The molecule has 2 N–H and O–H groups in total. The van der Waals surface area contributed by atoms with Gasteiger partial charge in [-0.25, -0.2) is 14.8 Å². The lowest BCUT2D eigenvalue weighted by molar-refractivity contribution is 0.0211. The van der Waals surface area contributed by atoms with Crippen LogP contribution in [0.4, 0.5) is 9.93 Å². The molecule has 2 aromatic rings. The molecule has 0 bridgehead atoms. The minimum atomic E-state index is -0.0646. The van der Waals surface area contributed by atoms with Crippen molar-refractivity contribution in [3.05, 3.63) is 11.8 Å². The van der Waals surface area contributed by atoms with E-state index in [1.54, 1.807) is 7.11 Å². The SMILES string of the molecule is COc1ncc(C2CCCNC2)c2sc(NC(=O)N3CCC4(CCOCC4)C3)nc12. The van der Waals surface area contributed by atoms with E-state index < -0.39 is 0 Å². The lowest BCUT2D eigenvalue weighted by Crippen LogP contribution is -2.37. The Hall–Kier alpha value is -1.97. The number of thiazole rings is 1. The molecule has 3 aliphatic heterocycles. The number of nitrogens with one attached hydrogen (secondary N) is 2. The first-order valence-corrected chi connectivity index (χ1v) is 11.7. The first-order valence-electron chi connectivity index (χ1n) is 10.9. The van der Waals surface area contributed by atoms with Crippen LogP contribution in [0.25, 0.3) is 10.2 Å². The van der Waals surface area contributed by atoms with E-state index in [0.29, 0.717) is 16.9 Å². The van der Waals surface area contributed by atoms with Crippen LogP contribution in [0.3, 0.4) is 0 Å². The van der Waals surface area contributed by atoms with Crippen LogP contribution in [0.1, 0.15) is 43.6 Å². The number of carbonyl (C=O) groups is 1. The Bertz CT molecular complexity index is 921. The molecule has 0 radical (unpaired) electrons. The number of piperidine rings is 1. The molecular weight excluding hydrogens is 402 g/mol. The van der Waals surface area contributed by atoms with Crippen molar-refractivity contribution in [1.82, 2.24) is 20.2 Å². The molecule has 8 nitrogen and oxygen atoms in total. The van der Waals surface area contributed by atoms with Crippen molar-refractivity contribution in [2.75, 3.05) is 51.8 Å². The summed E-state index contributed by atoms with van der Waals surface area (Å²) in [7, 11) is 1.61. The van der Waals surface area contributed by atoms with Crippen molar-refractivity contribution in [3.8, 4) is 5.88 Å². The fourth-order valence-corrected chi connectivity index (χ4v) is 6.05. The molecule has 162 valence electrons. The minimum absolute atomic E-state index is 0.0646. The van der Waals surface area contributed by atoms with Crippen LogP contribution in [0.2, 0.25) is 0 Å². The lowest BCUT2D eigenvalue weighted by Gasteiger charge is -2.33. The molecule has 9 heteroatoms. The molecule has 2 amide bonds. The van der Waals surface area contributed by atoms with E-state index in [4.69, 9.17) is 9.47 Å². The number of nitrogens with zero attached hydrogens (tertiary/aromatic N) is 3. The number of amides is 2. The molecule has 3 saturated heterocycles. The zero-order valence-electron chi connectivity index (χ0n) is 17.4. The average molecular weight is 432 g/mol. The van der Waals surface area contributed by atoms with E-state index in [-0.39, 0.29) is 11.4 Å². The normalized spacial score (nSPS) is 23.8. The van der Waals surface area contributed by atoms with Gasteiger partial charge in [0.2, 0.25) is 5.88 Å². The van der Waals surface area contributed by atoms with Gasteiger partial charge in [0, 0.05) is 39.0 Å². The highest BCUT2D eigenvalue weighted by molar-refractivity contribution is 7.22. The molecule has 5 heterocycles. The topological polar surface area (TPSA) is 88.6 Å². The monoisotopic (exact) mass is 431 g/mol. The first kappa shape index (κ1) is 20.0. The maximum atomic E-state index is 13.0. The quantitative estimate of drug-likeness (QED) is 0.776. The molecule has 1 atom stereocenters. The highest BCUT2D eigenvalue weighted by Gasteiger charge is 2.41. The highest BCUT2D eigenvalue weighted by atomic mass is 32.1. The van der Waals surface area contributed by atoms with Gasteiger partial charge < -0.3 is 19.7 Å². The van der Waals surface area contributed by atoms with E-state index in [9.17, 15) is 4.79 Å². The van der Waals surface area contributed by atoms with Crippen LogP contribution < -0.4 is 15.4 Å². The second-order valence-electron chi connectivity index (χ2n) is 8.68. The Kier molecular flexibility index (Phi) is 5.51. The predicted molar refractivity (Wildman–Crippen MR) is 117 cm³/mol. The molecule has 1 unspecified atom stereocenters. The summed E-state index contributed by atoms with van der Waals surface area (Å²) in [5, 5.41) is 7.12. The summed E-state index contributed by atoms with van der Waals surface area (Å²) in [6.07, 6.45) is 7.34. The molecule has 0 aromatic carbocycles. The van der Waals surface area contributed by atoms with Crippen LogP contribution in [-0.4, -0.2) is 67.4 Å². The Morgan fingerprint density at radius 3 is 3.03 bits per heavy atom. The summed E-state index contributed by atoms with van der Waals surface area (Å²) in [6.45, 7) is 5.22. The molecule has 0 aliphatic carbocycles. The van der Waals surface area contributed by atoms with Gasteiger partial charge in [-0.2, -0.15) is 0 Å². The highest BCUT2D eigenvalue weighted by Crippen LogP contribution is 2.41. The molecule has 30 heavy (non-hydrogen) atoms. The van der Waals surface area contributed by atoms with E-state index in [1.165, 1.54) is 16.9 Å². The largest absolute Gasteiger partial charge is 0.479 e. The summed E-state index contributed by atoms with van der Waals surface area (Å²) in [5.41, 5.74) is 2.17. The Balaban J connectivity index is 1.36. The number of fused-ring (bicyclic) bond motifs is 1. The van der Waals surface area contributed by atoms with Crippen molar-refractivity contribution < 1.29 is 14.3 Å². The average Bonchev–Trinajstić information content (AvgIpc) is 3.38. The molecular formula is C21H29N5O3S. The third kappa shape index (κ3) is 3.74. The predicted octanol–water partition coefficient (Wildman–Crippen LogP) is 3.20.